The van der Waals surface area contributed by atoms with Crippen LogP contribution in [0.4, 0.5) is 0 Å². The van der Waals surface area contributed by atoms with Gasteiger partial charge >= 0.3 is 0 Å². The fourth-order valence-electron chi connectivity index (χ4n) is 1.50. The average Bonchev–Trinajstić information content (AvgIpc) is 2.03. The minimum Gasteiger partial charge on any atom is -0.341 e. The molecular weight excluding hydrogens is 188 g/mol. The number of amides is 1. The first-order chi connectivity index (χ1) is 5.52. The van der Waals surface area contributed by atoms with E-state index in [1.807, 2.05) is 4.90 Å². The molecule has 0 aromatic rings. The first-order valence-electron chi connectivity index (χ1n) is 4.60. The van der Waals surface area contributed by atoms with Crippen molar-refractivity contribution in [2.24, 2.45) is 5.73 Å². The number of rotatable bonds is 1. The summed E-state index contributed by atoms with van der Waals surface area (Å²) < 4.78 is 0. The summed E-state index contributed by atoms with van der Waals surface area (Å²) in [6.07, 6.45) is 3.50. The van der Waals surface area contributed by atoms with E-state index in [4.69, 9.17) is 5.73 Å². The molecule has 0 saturated carbocycles. The van der Waals surface area contributed by atoms with Crippen molar-refractivity contribution in [1.82, 2.24) is 4.90 Å². The molecule has 1 heterocycles. The van der Waals surface area contributed by atoms with E-state index in [9.17, 15) is 4.79 Å². The number of piperidine rings is 1. The Morgan fingerprint density at radius 1 is 1.23 bits per heavy atom. The van der Waals surface area contributed by atoms with Crippen LogP contribution in [0.3, 0.4) is 0 Å². The topological polar surface area (TPSA) is 46.3 Å². The van der Waals surface area contributed by atoms with E-state index in [2.05, 4.69) is 0 Å². The van der Waals surface area contributed by atoms with Gasteiger partial charge in [-0.1, -0.05) is 0 Å². The van der Waals surface area contributed by atoms with Crippen molar-refractivity contribution >= 4 is 18.3 Å². The molecule has 3 nitrogen and oxygen atoms in total. The van der Waals surface area contributed by atoms with E-state index >= 15 is 0 Å². The smallest absolute Gasteiger partial charge is 0.242 e. The monoisotopic (exact) mass is 206 g/mol. The van der Waals surface area contributed by atoms with Gasteiger partial charge in [0.05, 0.1) is 5.54 Å². The lowest BCUT2D eigenvalue weighted by molar-refractivity contribution is -0.136. The maximum atomic E-state index is 11.6. The number of carbonyl (C=O) groups is 1. The van der Waals surface area contributed by atoms with Crippen LogP contribution in [-0.4, -0.2) is 29.4 Å². The van der Waals surface area contributed by atoms with Crippen molar-refractivity contribution in [2.75, 3.05) is 13.1 Å². The summed E-state index contributed by atoms with van der Waals surface area (Å²) in [5.41, 5.74) is 5.02. The molecule has 0 aliphatic carbocycles. The zero-order valence-corrected chi connectivity index (χ0v) is 9.19. The van der Waals surface area contributed by atoms with Gasteiger partial charge in [-0.05, 0) is 33.1 Å². The van der Waals surface area contributed by atoms with Gasteiger partial charge < -0.3 is 10.6 Å². The van der Waals surface area contributed by atoms with Crippen LogP contribution < -0.4 is 5.73 Å². The number of likely N-dealkylation sites (tertiary alicyclic amines) is 1. The molecule has 78 valence electrons. The van der Waals surface area contributed by atoms with Crippen molar-refractivity contribution in [2.45, 2.75) is 38.6 Å². The highest BCUT2D eigenvalue weighted by atomic mass is 35.5. The lowest BCUT2D eigenvalue weighted by Crippen LogP contribution is -2.52. The van der Waals surface area contributed by atoms with Crippen LogP contribution in [0, 0.1) is 0 Å². The molecule has 4 heteroatoms. The quantitative estimate of drug-likeness (QED) is 0.700. The molecule has 0 bridgehead atoms. The van der Waals surface area contributed by atoms with Crippen LogP contribution in [-0.2, 0) is 4.79 Å². The number of halogens is 1. The molecular formula is C9H19ClN2O. The maximum absolute atomic E-state index is 11.6. The lowest BCUT2D eigenvalue weighted by atomic mass is 10.0. The zero-order chi connectivity index (χ0) is 9.19. The number of hydrogen-bond donors (Lipinski definition) is 1. The molecule has 0 radical (unpaired) electrons. The molecule has 0 atom stereocenters. The molecule has 13 heavy (non-hydrogen) atoms. The fraction of sp³-hybridized carbons (Fsp3) is 0.889. The molecule has 1 aliphatic heterocycles. The van der Waals surface area contributed by atoms with E-state index in [1.165, 1.54) is 6.42 Å². The van der Waals surface area contributed by atoms with Crippen molar-refractivity contribution < 1.29 is 4.79 Å². The predicted molar refractivity (Wildman–Crippen MR) is 55.9 cm³/mol. The van der Waals surface area contributed by atoms with Crippen LogP contribution in [0.15, 0.2) is 0 Å². The largest absolute Gasteiger partial charge is 0.341 e. The van der Waals surface area contributed by atoms with Gasteiger partial charge in [0.2, 0.25) is 5.91 Å². The number of hydrogen-bond acceptors (Lipinski definition) is 2. The molecule has 1 rings (SSSR count). The minimum atomic E-state index is -0.697. The third-order valence-electron chi connectivity index (χ3n) is 2.19. The predicted octanol–water partition coefficient (Wildman–Crippen LogP) is 1.16. The lowest BCUT2D eigenvalue weighted by Gasteiger charge is -2.32. The third kappa shape index (κ3) is 3.53. The summed E-state index contributed by atoms with van der Waals surface area (Å²) in [6, 6.07) is 0. The molecule has 1 amide bonds. The standard InChI is InChI=1S/C9H18N2O.ClH/c1-9(2,10)8(12)11-6-4-3-5-7-11;/h3-7,10H2,1-2H3;1H. The van der Waals surface area contributed by atoms with Gasteiger partial charge in [-0.25, -0.2) is 0 Å². The summed E-state index contributed by atoms with van der Waals surface area (Å²) in [5.74, 6) is 0.0854. The Morgan fingerprint density at radius 3 is 2.08 bits per heavy atom. The van der Waals surface area contributed by atoms with Crippen molar-refractivity contribution in [3.05, 3.63) is 0 Å². The molecule has 1 aliphatic rings. The van der Waals surface area contributed by atoms with Crippen LogP contribution in [0.2, 0.25) is 0 Å². The van der Waals surface area contributed by atoms with Crippen molar-refractivity contribution in [1.29, 1.82) is 0 Å². The first kappa shape index (κ1) is 12.7. The van der Waals surface area contributed by atoms with E-state index in [1.54, 1.807) is 13.8 Å². The number of carbonyl (C=O) groups excluding carboxylic acids is 1. The Hall–Kier alpha value is -0.280. The van der Waals surface area contributed by atoms with Crippen LogP contribution in [0.25, 0.3) is 0 Å². The SMILES string of the molecule is CC(C)(N)C(=O)N1CCCCC1.Cl. The van der Waals surface area contributed by atoms with E-state index in [0.29, 0.717) is 0 Å². The van der Waals surface area contributed by atoms with E-state index < -0.39 is 5.54 Å². The van der Waals surface area contributed by atoms with Crippen LogP contribution in [0.1, 0.15) is 33.1 Å². The molecule has 2 N–H and O–H groups in total. The van der Waals surface area contributed by atoms with Crippen LogP contribution in [0.5, 0.6) is 0 Å². The Balaban J connectivity index is 0.00000144. The Labute approximate surface area is 86.1 Å². The Kier molecular flexibility index (Phi) is 4.71. The second-order valence-corrected chi connectivity index (χ2v) is 4.07. The number of nitrogens with two attached hydrogens (primary N) is 1. The highest BCUT2D eigenvalue weighted by molar-refractivity contribution is 5.85. The average molecular weight is 207 g/mol. The van der Waals surface area contributed by atoms with Gasteiger partial charge in [0, 0.05) is 13.1 Å². The van der Waals surface area contributed by atoms with Gasteiger partial charge in [0.1, 0.15) is 0 Å². The van der Waals surface area contributed by atoms with Gasteiger partial charge in [0.15, 0.2) is 0 Å². The van der Waals surface area contributed by atoms with Gasteiger partial charge in [-0.3, -0.25) is 4.79 Å². The molecule has 0 aromatic heterocycles. The van der Waals surface area contributed by atoms with Gasteiger partial charge in [-0.15, -0.1) is 12.4 Å². The summed E-state index contributed by atoms with van der Waals surface area (Å²) in [7, 11) is 0. The van der Waals surface area contributed by atoms with Crippen molar-refractivity contribution in [3.63, 3.8) is 0 Å². The summed E-state index contributed by atoms with van der Waals surface area (Å²) in [6.45, 7) is 5.31. The molecule has 0 aromatic carbocycles. The second kappa shape index (κ2) is 4.82. The van der Waals surface area contributed by atoms with Crippen LogP contribution >= 0.6 is 12.4 Å². The zero-order valence-electron chi connectivity index (χ0n) is 8.38. The summed E-state index contributed by atoms with van der Waals surface area (Å²) in [5, 5.41) is 0. The highest BCUT2D eigenvalue weighted by Gasteiger charge is 2.28. The Morgan fingerprint density at radius 2 is 1.69 bits per heavy atom. The summed E-state index contributed by atoms with van der Waals surface area (Å²) in [4.78, 5) is 13.5. The van der Waals surface area contributed by atoms with E-state index in [-0.39, 0.29) is 18.3 Å². The fourth-order valence-corrected chi connectivity index (χ4v) is 1.50. The molecule has 0 spiro atoms. The molecule has 1 saturated heterocycles. The highest BCUT2D eigenvalue weighted by Crippen LogP contribution is 2.12. The number of nitrogens with zero attached hydrogens (tertiary/aromatic N) is 1. The Bertz CT molecular complexity index is 171. The first-order valence-corrected chi connectivity index (χ1v) is 4.60. The van der Waals surface area contributed by atoms with Gasteiger partial charge in [-0.2, -0.15) is 0 Å². The maximum Gasteiger partial charge on any atom is 0.242 e. The minimum absolute atomic E-state index is 0. The third-order valence-corrected chi connectivity index (χ3v) is 2.19. The van der Waals surface area contributed by atoms with Gasteiger partial charge in [0.25, 0.3) is 0 Å². The van der Waals surface area contributed by atoms with E-state index in [0.717, 1.165) is 25.9 Å². The summed E-state index contributed by atoms with van der Waals surface area (Å²) >= 11 is 0. The normalized spacial score (nSPS) is 17.9. The molecule has 1 fully saturated rings. The molecule has 0 unspecified atom stereocenters. The van der Waals surface area contributed by atoms with Crippen molar-refractivity contribution in [3.8, 4) is 0 Å². The second-order valence-electron chi connectivity index (χ2n) is 4.07.